The predicted octanol–water partition coefficient (Wildman–Crippen LogP) is 23.7. The van der Waals surface area contributed by atoms with Crippen molar-refractivity contribution >= 4 is 17.9 Å². The molecule has 0 fully saturated rings. The van der Waals surface area contributed by atoms with Crippen molar-refractivity contribution in [2.45, 2.75) is 316 Å². The zero-order valence-corrected chi connectivity index (χ0v) is 53.5. The van der Waals surface area contributed by atoms with Crippen molar-refractivity contribution in [1.82, 2.24) is 0 Å². The summed E-state index contributed by atoms with van der Waals surface area (Å²) in [5, 5.41) is 0. The van der Waals surface area contributed by atoms with Crippen molar-refractivity contribution in [2.24, 2.45) is 0 Å². The molecule has 0 rings (SSSR count). The van der Waals surface area contributed by atoms with Crippen LogP contribution in [0.15, 0.2) is 134 Å². The fourth-order valence-electron chi connectivity index (χ4n) is 9.32. The van der Waals surface area contributed by atoms with Crippen LogP contribution in [0.4, 0.5) is 0 Å². The van der Waals surface area contributed by atoms with E-state index < -0.39 is 6.10 Å². The lowest BCUT2D eigenvalue weighted by Gasteiger charge is -2.18. The summed E-state index contributed by atoms with van der Waals surface area (Å²) in [6, 6.07) is 0. The van der Waals surface area contributed by atoms with E-state index in [0.717, 1.165) is 141 Å². The van der Waals surface area contributed by atoms with Crippen molar-refractivity contribution in [1.29, 1.82) is 0 Å². The molecule has 0 spiro atoms. The van der Waals surface area contributed by atoms with Crippen molar-refractivity contribution in [2.75, 3.05) is 13.2 Å². The molecule has 0 aromatic rings. The lowest BCUT2D eigenvalue weighted by atomic mass is 10.0. The highest BCUT2D eigenvalue weighted by molar-refractivity contribution is 5.71. The van der Waals surface area contributed by atoms with Crippen LogP contribution in [0, 0.1) is 0 Å². The van der Waals surface area contributed by atoms with Crippen molar-refractivity contribution in [3.05, 3.63) is 134 Å². The van der Waals surface area contributed by atoms with Gasteiger partial charge >= 0.3 is 17.9 Å². The Morgan fingerprint density at radius 2 is 0.476 bits per heavy atom. The minimum absolute atomic E-state index is 0.0978. The molecule has 0 aliphatic rings. The first-order chi connectivity index (χ1) is 40.5. The molecule has 466 valence electrons. The monoisotopic (exact) mass is 1130 g/mol. The van der Waals surface area contributed by atoms with Gasteiger partial charge in [-0.25, -0.2) is 0 Å². The Kier molecular flexibility index (Phi) is 65.3. The minimum Gasteiger partial charge on any atom is -0.462 e. The van der Waals surface area contributed by atoms with Crippen LogP contribution in [-0.2, 0) is 28.6 Å². The van der Waals surface area contributed by atoms with E-state index in [0.29, 0.717) is 19.3 Å². The summed E-state index contributed by atoms with van der Waals surface area (Å²) in [5.41, 5.74) is 0. The number of rotatable bonds is 61. The number of carbonyl (C=O) groups excluding carboxylic acids is 3. The van der Waals surface area contributed by atoms with E-state index in [4.69, 9.17) is 14.2 Å². The van der Waals surface area contributed by atoms with Crippen LogP contribution in [0.5, 0.6) is 0 Å². The average molecular weight is 1140 g/mol. The number of ether oxygens (including phenoxy) is 3. The van der Waals surface area contributed by atoms with Crippen molar-refractivity contribution in [3.8, 4) is 0 Å². The van der Waals surface area contributed by atoms with E-state index in [-0.39, 0.29) is 31.1 Å². The first-order valence-electron chi connectivity index (χ1n) is 34.2. The molecule has 1 atom stereocenters. The van der Waals surface area contributed by atoms with Gasteiger partial charge in [0, 0.05) is 19.3 Å². The SMILES string of the molecule is CC/C=C\C/C=C\C/C=C\C/C=C\C/C=C\CCCCCCCCCCCCCCCCCCCC(=O)OCC(COC(=O)CCCC/C=C\C/C=C\C/C=C\C/C=C\CC)OC(=O)CCCCCCC/C=C\C/C=C\CCCCCC. The lowest BCUT2D eigenvalue weighted by molar-refractivity contribution is -0.167. The summed E-state index contributed by atoms with van der Waals surface area (Å²) in [5.74, 6) is -0.948. The third-order valence-electron chi connectivity index (χ3n) is 14.4. The van der Waals surface area contributed by atoms with Crippen LogP contribution in [-0.4, -0.2) is 37.2 Å². The van der Waals surface area contributed by atoms with E-state index in [1.165, 1.54) is 128 Å². The Morgan fingerprint density at radius 3 is 0.768 bits per heavy atom. The molecular formula is C76H126O6. The second-order valence-corrected chi connectivity index (χ2v) is 22.3. The van der Waals surface area contributed by atoms with Gasteiger partial charge in [0.05, 0.1) is 0 Å². The number of carbonyl (C=O) groups is 3. The Bertz CT molecular complexity index is 1730. The van der Waals surface area contributed by atoms with Crippen LogP contribution in [0.1, 0.15) is 310 Å². The number of esters is 3. The molecule has 0 aliphatic heterocycles. The smallest absolute Gasteiger partial charge is 0.306 e. The fourth-order valence-corrected chi connectivity index (χ4v) is 9.32. The third-order valence-corrected chi connectivity index (χ3v) is 14.4. The molecule has 6 nitrogen and oxygen atoms in total. The Hall–Kier alpha value is -4.45. The molecule has 6 heteroatoms. The summed E-state index contributed by atoms with van der Waals surface area (Å²) in [7, 11) is 0. The van der Waals surface area contributed by atoms with Crippen molar-refractivity contribution < 1.29 is 28.6 Å². The van der Waals surface area contributed by atoms with E-state index in [9.17, 15) is 14.4 Å². The maximum Gasteiger partial charge on any atom is 0.306 e. The summed E-state index contributed by atoms with van der Waals surface area (Å²) < 4.78 is 16.9. The minimum atomic E-state index is -0.806. The van der Waals surface area contributed by atoms with Gasteiger partial charge in [-0.1, -0.05) is 289 Å². The van der Waals surface area contributed by atoms with E-state index in [1.807, 2.05) is 0 Å². The van der Waals surface area contributed by atoms with Gasteiger partial charge in [0.2, 0.25) is 0 Å². The third kappa shape index (κ3) is 66.4. The molecule has 0 N–H and O–H groups in total. The van der Waals surface area contributed by atoms with Gasteiger partial charge in [0.1, 0.15) is 13.2 Å². The molecule has 0 aliphatic carbocycles. The van der Waals surface area contributed by atoms with Gasteiger partial charge in [-0.2, -0.15) is 0 Å². The highest BCUT2D eigenvalue weighted by atomic mass is 16.6. The van der Waals surface area contributed by atoms with Gasteiger partial charge < -0.3 is 14.2 Å². The normalized spacial score (nSPS) is 13.0. The summed E-state index contributed by atoms with van der Waals surface area (Å²) in [6.45, 7) is 6.36. The topological polar surface area (TPSA) is 78.9 Å². The predicted molar refractivity (Wildman–Crippen MR) is 357 cm³/mol. The quantitative estimate of drug-likeness (QED) is 0.0261. The van der Waals surface area contributed by atoms with Crippen LogP contribution in [0.3, 0.4) is 0 Å². The van der Waals surface area contributed by atoms with Crippen LogP contribution in [0.25, 0.3) is 0 Å². The standard InChI is InChI=1S/C76H126O6/c1-4-7-10-13-16-19-22-25-28-30-31-32-33-34-35-36-37-38-39-40-41-42-43-44-45-46-49-51-54-57-60-63-66-69-75(78)81-72-73(71-80-74(77)68-65-62-59-56-53-50-47-27-24-21-18-15-12-9-6-3)82-76(79)70-67-64-61-58-55-52-48-29-26-23-20-17-14-11-8-5-2/h7,9-10,12,16,18-21,23,25,27-29,31-32,34-35,47-48,53,56,73H,4-6,8,11,13-15,17,22,24,26,30,33,36-46,49-52,54-55,57-72H2,1-3H3/b10-7-,12-9-,19-16-,21-18-,23-20-,28-25-,32-31-,35-34-,47-27-,48-29-,56-53-. The van der Waals surface area contributed by atoms with Crippen LogP contribution < -0.4 is 0 Å². The summed E-state index contributed by atoms with van der Waals surface area (Å²) in [6.07, 6.45) is 97.7. The Morgan fingerprint density at radius 1 is 0.256 bits per heavy atom. The number of hydrogen-bond acceptors (Lipinski definition) is 6. The van der Waals surface area contributed by atoms with Gasteiger partial charge in [0.25, 0.3) is 0 Å². The molecule has 0 aromatic heterocycles. The summed E-state index contributed by atoms with van der Waals surface area (Å²) in [4.78, 5) is 38.3. The molecular weight excluding hydrogens is 1010 g/mol. The van der Waals surface area contributed by atoms with E-state index >= 15 is 0 Å². The average Bonchev–Trinajstić information content (AvgIpc) is 3.47. The number of unbranched alkanes of at least 4 members (excludes halogenated alkanes) is 28. The summed E-state index contributed by atoms with van der Waals surface area (Å²) >= 11 is 0. The molecule has 0 bridgehead atoms. The lowest BCUT2D eigenvalue weighted by Crippen LogP contribution is -2.30. The molecule has 82 heavy (non-hydrogen) atoms. The Labute approximate surface area is 506 Å². The van der Waals surface area contributed by atoms with Crippen molar-refractivity contribution in [3.63, 3.8) is 0 Å². The largest absolute Gasteiger partial charge is 0.462 e. The van der Waals surface area contributed by atoms with E-state index in [2.05, 4.69) is 154 Å². The fraction of sp³-hybridized carbons (Fsp3) is 0.671. The molecule has 0 saturated carbocycles. The Balaban J connectivity index is 4.25. The molecule has 0 heterocycles. The van der Waals surface area contributed by atoms with Gasteiger partial charge in [-0.15, -0.1) is 0 Å². The maximum atomic E-state index is 12.9. The zero-order valence-electron chi connectivity index (χ0n) is 53.5. The maximum absolute atomic E-state index is 12.9. The number of hydrogen-bond donors (Lipinski definition) is 0. The van der Waals surface area contributed by atoms with Gasteiger partial charge in [-0.05, 0) is 135 Å². The van der Waals surface area contributed by atoms with Gasteiger partial charge in [-0.3, -0.25) is 14.4 Å². The van der Waals surface area contributed by atoms with E-state index in [1.54, 1.807) is 0 Å². The molecule has 0 radical (unpaired) electrons. The highest BCUT2D eigenvalue weighted by Gasteiger charge is 2.19. The zero-order chi connectivity index (χ0) is 59.2. The van der Waals surface area contributed by atoms with Crippen LogP contribution >= 0.6 is 0 Å². The molecule has 0 aromatic carbocycles. The van der Waals surface area contributed by atoms with Gasteiger partial charge in [0.15, 0.2) is 6.10 Å². The second-order valence-electron chi connectivity index (χ2n) is 22.3. The molecule has 1 unspecified atom stereocenters. The number of allylic oxidation sites excluding steroid dienone is 22. The van der Waals surface area contributed by atoms with Crippen LogP contribution in [0.2, 0.25) is 0 Å². The first kappa shape index (κ1) is 77.5. The second kappa shape index (κ2) is 69.0. The molecule has 0 amide bonds. The first-order valence-corrected chi connectivity index (χ1v) is 34.2. The molecule has 0 saturated heterocycles. The highest BCUT2D eigenvalue weighted by Crippen LogP contribution is 2.16.